The van der Waals surface area contributed by atoms with Gasteiger partial charge in [-0.2, -0.15) is 0 Å². The summed E-state index contributed by atoms with van der Waals surface area (Å²) >= 11 is 0. The molecule has 0 aromatic heterocycles. The Bertz CT molecular complexity index is 293. The fourth-order valence-electron chi connectivity index (χ4n) is 2.06. The molecule has 6 nitrogen and oxygen atoms in total. The molecule has 1 saturated heterocycles. The van der Waals surface area contributed by atoms with Gasteiger partial charge in [-0.25, -0.2) is 4.79 Å². The molecule has 0 aromatic rings. The Labute approximate surface area is 101 Å². The molecule has 1 amide bonds. The molecule has 2 unspecified atom stereocenters. The fourth-order valence-corrected chi connectivity index (χ4v) is 2.06. The van der Waals surface area contributed by atoms with Gasteiger partial charge in [-0.3, -0.25) is 9.69 Å². The maximum absolute atomic E-state index is 11.1. The Hall–Kier alpha value is -1.30. The van der Waals surface area contributed by atoms with Crippen LogP contribution in [0.4, 0.5) is 4.79 Å². The molecule has 1 heterocycles. The maximum atomic E-state index is 11.1. The number of hydrogen-bond acceptors (Lipinski definition) is 4. The van der Waals surface area contributed by atoms with Crippen LogP contribution >= 0.6 is 0 Å². The van der Waals surface area contributed by atoms with Gasteiger partial charge in [-0.1, -0.05) is 0 Å². The minimum Gasteiger partial charge on any atom is -0.481 e. The fraction of sp³-hybridized carbons (Fsp3) is 0.818. The van der Waals surface area contributed by atoms with Crippen LogP contribution in [0.5, 0.6) is 0 Å². The quantitative estimate of drug-likeness (QED) is 0.757. The highest BCUT2D eigenvalue weighted by Gasteiger charge is 2.33. The van der Waals surface area contributed by atoms with Crippen molar-refractivity contribution in [2.45, 2.75) is 32.4 Å². The average molecular weight is 244 g/mol. The number of nitrogens with zero attached hydrogens (tertiary/aromatic N) is 1. The highest BCUT2D eigenvalue weighted by molar-refractivity contribution is 5.71. The normalized spacial score (nSPS) is 25.6. The van der Waals surface area contributed by atoms with Crippen LogP contribution in [0.3, 0.4) is 0 Å². The summed E-state index contributed by atoms with van der Waals surface area (Å²) < 4.78 is 4.53. The SMILES string of the molecule is COC(=O)NC1CC(C(=O)O)CN(C(C)C)C1. The molecule has 0 spiro atoms. The third-order valence-corrected chi connectivity index (χ3v) is 3.07. The van der Waals surface area contributed by atoms with Crippen LogP contribution in [0.1, 0.15) is 20.3 Å². The van der Waals surface area contributed by atoms with Crippen LogP contribution in [0.2, 0.25) is 0 Å². The minimum absolute atomic E-state index is 0.167. The van der Waals surface area contributed by atoms with Crippen molar-refractivity contribution >= 4 is 12.1 Å². The van der Waals surface area contributed by atoms with Gasteiger partial charge in [-0.05, 0) is 20.3 Å². The van der Waals surface area contributed by atoms with Crippen LogP contribution in [0, 0.1) is 5.92 Å². The van der Waals surface area contributed by atoms with Gasteiger partial charge in [0.2, 0.25) is 0 Å². The highest BCUT2D eigenvalue weighted by atomic mass is 16.5. The van der Waals surface area contributed by atoms with E-state index in [1.165, 1.54) is 7.11 Å². The van der Waals surface area contributed by atoms with Crippen molar-refractivity contribution in [2.24, 2.45) is 5.92 Å². The van der Waals surface area contributed by atoms with E-state index in [1.54, 1.807) is 0 Å². The second kappa shape index (κ2) is 5.86. The summed E-state index contributed by atoms with van der Waals surface area (Å²) in [5.74, 6) is -1.25. The summed E-state index contributed by atoms with van der Waals surface area (Å²) in [5.41, 5.74) is 0. The lowest BCUT2D eigenvalue weighted by Gasteiger charge is -2.38. The number of aliphatic carboxylic acids is 1. The number of likely N-dealkylation sites (tertiary alicyclic amines) is 1. The van der Waals surface area contributed by atoms with E-state index in [2.05, 4.69) is 15.0 Å². The smallest absolute Gasteiger partial charge is 0.407 e. The molecule has 0 saturated carbocycles. The molecule has 2 N–H and O–H groups in total. The number of nitrogens with one attached hydrogen (secondary N) is 1. The maximum Gasteiger partial charge on any atom is 0.407 e. The molecule has 0 aliphatic carbocycles. The van der Waals surface area contributed by atoms with E-state index in [1.807, 2.05) is 13.8 Å². The lowest BCUT2D eigenvalue weighted by Crippen LogP contribution is -2.54. The van der Waals surface area contributed by atoms with Crippen molar-refractivity contribution in [1.29, 1.82) is 0 Å². The van der Waals surface area contributed by atoms with E-state index in [0.717, 1.165) is 0 Å². The summed E-state index contributed by atoms with van der Waals surface area (Å²) in [5, 5.41) is 11.7. The number of carbonyl (C=O) groups excluding carboxylic acids is 1. The Kier molecular flexibility index (Phi) is 4.74. The lowest BCUT2D eigenvalue weighted by molar-refractivity contribution is -0.144. The van der Waals surface area contributed by atoms with Crippen LogP contribution < -0.4 is 5.32 Å². The first-order valence-corrected chi connectivity index (χ1v) is 5.75. The number of amides is 1. The average Bonchev–Trinajstić information content (AvgIpc) is 2.28. The second-order valence-electron chi connectivity index (χ2n) is 4.65. The number of methoxy groups -OCH3 is 1. The van der Waals surface area contributed by atoms with Crippen LogP contribution in [-0.4, -0.2) is 54.4 Å². The van der Waals surface area contributed by atoms with E-state index in [9.17, 15) is 9.59 Å². The lowest BCUT2D eigenvalue weighted by atomic mass is 9.93. The molecule has 17 heavy (non-hydrogen) atoms. The van der Waals surface area contributed by atoms with E-state index in [4.69, 9.17) is 5.11 Å². The first-order chi connectivity index (χ1) is 7.93. The Morgan fingerprint density at radius 2 is 2.06 bits per heavy atom. The Morgan fingerprint density at radius 1 is 1.41 bits per heavy atom. The highest BCUT2D eigenvalue weighted by Crippen LogP contribution is 2.19. The van der Waals surface area contributed by atoms with Crippen molar-refractivity contribution in [3.8, 4) is 0 Å². The zero-order valence-corrected chi connectivity index (χ0v) is 10.5. The number of piperidine rings is 1. The topological polar surface area (TPSA) is 78.9 Å². The largest absolute Gasteiger partial charge is 0.481 e. The number of carboxylic acids is 1. The van der Waals surface area contributed by atoms with E-state index in [0.29, 0.717) is 19.5 Å². The van der Waals surface area contributed by atoms with Crippen LogP contribution in [0.25, 0.3) is 0 Å². The molecular formula is C11H20N2O4. The van der Waals surface area contributed by atoms with Gasteiger partial charge < -0.3 is 15.2 Å². The van der Waals surface area contributed by atoms with Gasteiger partial charge in [0.15, 0.2) is 0 Å². The summed E-state index contributed by atoms with van der Waals surface area (Å²) in [4.78, 5) is 24.2. The molecule has 1 rings (SSSR count). The van der Waals surface area contributed by atoms with Gasteiger partial charge in [-0.15, -0.1) is 0 Å². The molecule has 2 atom stereocenters. The third-order valence-electron chi connectivity index (χ3n) is 3.07. The summed E-state index contributed by atoms with van der Waals surface area (Å²) in [7, 11) is 1.30. The number of carboxylic acid groups (broad SMARTS) is 1. The number of carbonyl (C=O) groups is 2. The molecule has 1 aliphatic rings. The summed E-state index contributed by atoms with van der Waals surface area (Å²) in [6.45, 7) is 5.22. The van der Waals surface area contributed by atoms with Crippen molar-refractivity contribution < 1.29 is 19.4 Å². The van der Waals surface area contributed by atoms with Gasteiger partial charge in [0, 0.05) is 25.2 Å². The molecule has 0 radical (unpaired) electrons. The number of hydrogen-bond donors (Lipinski definition) is 2. The summed E-state index contributed by atoms with van der Waals surface area (Å²) in [6.07, 6.45) is -0.0575. The predicted octanol–water partition coefficient (Wildman–Crippen LogP) is 0.526. The van der Waals surface area contributed by atoms with E-state index >= 15 is 0 Å². The van der Waals surface area contributed by atoms with Crippen LogP contribution in [0.15, 0.2) is 0 Å². The second-order valence-corrected chi connectivity index (χ2v) is 4.65. The van der Waals surface area contributed by atoms with Gasteiger partial charge in [0.1, 0.15) is 0 Å². The standard InChI is InChI=1S/C11H20N2O4/c1-7(2)13-5-8(10(14)15)4-9(6-13)12-11(16)17-3/h7-9H,4-6H2,1-3H3,(H,12,16)(H,14,15). The van der Waals surface area contributed by atoms with Gasteiger partial charge >= 0.3 is 12.1 Å². The Balaban J connectivity index is 2.64. The van der Waals surface area contributed by atoms with E-state index < -0.39 is 18.0 Å². The molecule has 98 valence electrons. The van der Waals surface area contributed by atoms with Crippen molar-refractivity contribution in [3.05, 3.63) is 0 Å². The molecular weight excluding hydrogens is 224 g/mol. The first-order valence-electron chi connectivity index (χ1n) is 5.75. The molecule has 6 heteroatoms. The molecule has 0 bridgehead atoms. The minimum atomic E-state index is -0.813. The van der Waals surface area contributed by atoms with Crippen molar-refractivity contribution in [1.82, 2.24) is 10.2 Å². The first kappa shape index (κ1) is 13.8. The zero-order valence-electron chi connectivity index (χ0n) is 10.5. The number of alkyl carbamates (subject to hydrolysis) is 1. The van der Waals surface area contributed by atoms with Crippen LogP contribution in [-0.2, 0) is 9.53 Å². The summed E-state index contributed by atoms with van der Waals surface area (Å²) in [6, 6.07) is 0.0961. The zero-order chi connectivity index (χ0) is 13.0. The Morgan fingerprint density at radius 3 is 2.53 bits per heavy atom. The third kappa shape index (κ3) is 3.89. The van der Waals surface area contributed by atoms with Crippen molar-refractivity contribution in [3.63, 3.8) is 0 Å². The number of ether oxygens (including phenoxy) is 1. The van der Waals surface area contributed by atoms with E-state index in [-0.39, 0.29) is 12.1 Å². The predicted molar refractivity (Wildman–Crippen MR) is 61.8 cm³/mol. The molecule has 0 aromatic carbocycles. The molecule has 1 aliphatic heterocycles. The van der Waals surface area contributed by atoms with Gasteiger partial charge in [0.05, 0.1) is 13.0 Å². The van der Waals surface area contributed by atoms with Crippen molar-refractivity contribution in [2.75, 3.05) is 20.2 Å². The molecule has 1 fully saturated rings. The number of rotatable bonds is 3. The monoisotopic (exact) mass is 244 g/mol. The van der Waals surface area contributed by atoms with Gasteiger partial charge in [0.25, 0.3) is 0 Å².